The third-order valence-corrected chi connectivity index (χ3v) is 5.53. The second kappa shape index (κ2) is 8.25. The second-order valence-corrected chi connectivity index (χ2v) is 6.91. The summed E-state index contributed by atoms with van der Waals surface area (Å²) in [5, 5.41) is 9.49. The molecule has 0 amide bonds. The topological polar surface area (TPSA) is 54.4 Å². The quantitative estimate of drug-likeness (QED) is 0.808. The molecule has 0 spiro atoms. The lowest BCUT2D eigenvalue weighted by atomic mass is 10.0. The van der Waals surface area contributed by atoms with Crippen molar-refractivity contribution in [3.05, 3.63) is 17.7 Å². The van der Waals surface area contributed by atoms with Gasteiger partial charge in [-0.2, -0.15) is 0 Å². The minimum atomic E-state index is 0.225. The summed E-state index contributed by atoms with van der Waals surface area (Å²) in [5.74, 6) is 2.21. The van der Waals surface area contributed by atoms with Gasteiger partial charge in [-0.25, -0.2) is 0 Å². The van der Waals surface area contributed by atoms with Crippen LogP contribution in [0.5, 0.6) is 17.2 Å². The summed E-state index contributed by atoms with van der Waals surface area (Å²) in [6, 6.07) is 4.91. The number of benzene rings is 1. The molecule has 0 aromatic heterocycles. The molecule has 6 heteroatoms. The van der Waals surface area contributed by atoms with Crippen LogP contribution >= 0.6 is 0 Å². The molecular weight excluding hydrogens is 320 g/mol. The molecule has 25 heavy (non-hydrogen) atoms. The Morgan fingerprint density at radius 1 is 1.04 bits per heavy atom. The maximum Gasteiger partial charge on any atom is 0.164 e. The summed E-state index contributed by atoms with van der Waals surface area (Å²) >= 11 is 0. The standard InChI is InChI=1S/C19H30N2O4/c1-23-17-10-19(25-3)18(24-2)9-14(17)11-21-13-15-5-4-7-20(15)12-16(21)6-8-22/h9-10,15-16,22H,4-8,11-13H2,1-3H3/t15-,16-/m0/s1. The lowest BCUT2D eigenvalue weighted by Crippen LogP contribution is -2.55. The van der Waals surface area contributed by atoms with Crippen molar-refractivity contribution in [3.63, 3.8) is 0 Å². The van der Waals surface area contributed by atoms with Gasteiger partial charge in [0.05, 0.1) is 21.3 Å². The van der Waals surface area contributed by atoms with Crippen molar-refractivity contribution in [3.8, 4) is 17.2 Å². The first kappa shape index (κ1) is 18.3. The van der Waals surface area contributed by atoms with E-state index in [9.17, 15) is 5.11 Å². The van der Waals surface area contributed by atoms with E-state index in [1.54, 1.807) is 21.3 Å². The van der Waals surface area contributed by atoms with Gasteiger partial charge in [-0.15, -0.1) is 0 Å². The van der Waals surface area contributed by atoms with Crippen molar-refractivity contribution < 1.29 is 19.3 Å². The van der Waals surface area contributed by atoms with E-state index in [1.807, 2.05) is 12.1 Å². The van der Waals surface area contributed by atoms with E-state index in [0.29, 0.717) is 17.8 Å². The Kier molecular flexibility index (Phi) is 6.04. The van der Waals surface area contributed by atoms with Gasteiger partial charge in [0.1, 0.15) is 5.75 Å². The summed E-state index contributed by atoms with van der Waals surface area (Å²) in [5.41, 5.74) is 1.09. The van der Waals surface area contributed by atoms with Gasteiger partial charge in [-0.1, -0.05) is 0 Å². The predicted molar refractivity (Wildman–Crippen MR) is 96.6 cm³/mol. The first-order chi connectivity index (χ1) is 12.2. The molecule has 140 valence electrons. The molecule has 1 aromatic carbocycles. The number of fused-ring (bicyclic) bond motifs is 1. The average molecular weight is 350 g/mol. The molecule has 0 bridgehead atoms. The zero-order valence-corrected chi connectivity index (χ0v) is 15.5. The molecule has 2 aliphatic rings. The molecule has 3 rings (SSSR count). The van der Waals surface area contributed by atoms with Gasteiger partial charge in [0.15, 0.2) is 11.5 Å². The zero-order chi connectivity index (χ0) is 17.8. The van der Waals surface area contributed by atoms with Crippen molar-refractivity contribution in [2.75, 3.05) is 47.6 Å². The van der Waals surface area contributed by atoms with Crippen molar-refractivity contribution in [2.45, 2.75) is 37.9 Å². The van der Waals surface area contributed by atoms with Crippen LogP contribution < -0.4 is 14.2 Å². The number of nitrogens with zero attached hydrogens (tertiary/aromatic N) is 2. The molecule has 2 aliphatic heterocycles. The number of hydrogen-bond acceptors (Lipinski definition) is 6. The molecule has 1 aromatic rings. The van der Waals surface area contributed by atoms with E-state index in [1.165, 1.54) is 19.4 Å². The van der Waals surface area contributed by atoms with Crippen LogP contribution in [0.2, 0.25) is 0 Å². The van der Waals surface area contributed by atoms with Crippen LogP contribution in [0.4, 0.5) is 0 Å². The Bertz CT molecular complexity index is 581. The largest absolute Gasteiger partial charge is 0.496 e. The Labute approximate surface area is 150 Å². The van der Waals surface area contributed by atoms with Gasteiger partial charge in [-0.05, 0) is 31.9 Å². The molecule has 2 saturated heterocycles. The molecule has 6 nitrogen and oxygen atoms in total. The lowest BCUT2D eigenvalue weighted by Gasteiger charge is -2.44. The highest BCUT2D eigenvalue weighted by Gasteiger charge is 2.36. The first-order valence-electron chi connectivity index (χ1n) is 9.08. The van der Waals surface area contributed by atoms with Crippen molar-refractivity contribution >= 4 is 0 Å². The lowest BCUT2D eigenvalue weighted by molar-refractivity contribution is 0.0329. The van der Waals surface area contributed by atoms with Crippen LogP contribution in [0.15, 0.2) is 12.1 Å². The molecular formula is C19H30N2O4. The number of rotatable bonds is 7. The number of aliphatic hydroxyl groups is 1. The van der Waals surface area contributed by atoms with E-state index in [-0.39, 0.29) is 6.61 Å². The molecule has 2 fully saturated rings. The number of ether oxygens (including phenoxy) is 3. The van der Waals surface area contributed by atoms with Crippen LogP contribution in [-0.2, 0) is 6.54 Å². The van der Waals surface area contributed by atoms with Crippen molar-refractivity contribution in [2.24, 2.45) is 0 Å². The van der Waals surface area contributed by atoms with Gasteiger partial charge in [0.2, 0.25) is 0 Å². The van der Waals surface area contributed by atoms with Crippen LogP contribution in [0.3, 0.4) is 0 Å². The van der Waals surface area contributed by atoms with Crippen LogP contribution in [0, 0.1) is 0 Å². The highest BCUT2D eigenvalue weighted by Crippen LogP contribution is 2.36. The highest BCUT2D eigenvalue weighted by molar-refractivity contribution is 5.50. The summed E-state index contributed by atoms with van der Waals surface area (Å²) in [6.45, 7) is 4.30. The van der Waals surface area contributed by atoms with Gasteiger partial charge in [-0.3, -0.25) is 9.80 Å². The molecule has 0 radical (unpaired) electrons. The molecule has 0 saturated carbocycles. The summed E-state index contributed by atoms with van der Waals surface area (Å²) < 4.78 is 16.4. The normalized spacial score (nSPS) is 24.2. The fourth-order valence-electron chi connectivity index (χ4n) is 4.20. The van der Waals surface area contributed by atoms with Crippen molar-refractivity contribution in [1.82, 2.24) is 9.80 Å². The fourth-order valence-corrected chi connectivity index (χ4v) is 4.20. The Balaban J connectivity index is 1.83. The predicted octanol–water partition coefficient (Wildman–Crippen LogP) is 1.74. The SMILES string of the molecule is COc1cc(OC)c(OC)cc1CN1C[C@@H]2CCCN2C[C@@H]1CCO. The molecule has 2 atom stereocenters. The van der Waals surface area contributed by atoms with Crippen LogP contribution in [0.1, 0.15) is 24.8 Å². The van der Waals surface area contributed by atoms with Gasteiger partial charge in [0.25, 0.3) is 0 Å². The maximum absolute atomic E-state index is 9.49. The third kappa shape index (κ3) is 3.86. The van der Waals surface area contributed by atoms with Gasteiger partial charge in [0, 0.05) is 50.0 Å². The smallest absolute Gasteiger partial charge is 0.164 e. The molecule has 0 aliphatic carbocycles. The molecule has 0 unspecified atom stereocenters. The van der Waals surface area contributed by atoms with E-state index in [4.69, 9.17) is 14.2 Å². The first-order valence-corrected chi connectivity index (χ1v) is 9.08. The third-order valence-electron chi connectivity index (χ3n) is 5.53. The van der Waals surface area contributed by atoms with E-state index in [2.05, 4.69) is 9.80 Å². The fraction of sp³-hybridized carbons (Fsp3) is 0.684. The van der Waals surface area contributed by atoms with E-state index in [0.717, 1.165) is 43.1 Å². The summed E-state index contributed by atoms with van der Waals surface area (Å²) in [6.07, 6.45) is 3.36. The number of piperazine rings is 1. The van der Waals surface area contributed by atoms with Gasteiger partial charge < -0.3 is 19.3 Å². The van der Waals surface area contributed by atoms with Crippen LogP contribution in [0.25, 0.3) is 0 Å². The molecule has 1 N–H and O–H groups in total. The van der Waals surface area contributed by atoms with E-state index >= 15 is 0 Å². The monoisotopic (exact) mass is 350 g/mol. The summed E-state index contributed by atoms with van der Waals surface area (Å²) in [7, 11) is 4.97. The average Bonchev–Trinajstić information content (AvgIpc) is 3.08. The number of aliphatic hydroxyl groups excluding tert-OH is 1. The minimum absolute atomic E-state index is 0.225. The zero-order valence-electron chi connectivity index (χ0n) is 15.5. The number of hydrogen-bond donors (Lipinski definition) is 1. The minimum Gasteiger partial charge on any atom is -0.496 e. The summed E-state index contributed by atoms with van der Waals surface area (Å²) in [4.78, 5) is 5.08. The second-order valence-electron chi connectivity index (χ2n) is 6.91. The van der Waals surface area contributed by atoms with Crippen LogP contribution in [-0.4, -0.2) is 74.6 Å². The highest BCUT2D eigenvalue weighted by atomic mass is 16.5. The Morgan fingerprint density at radius 2 is 1.76 bits per heavy atom. The maximum atomic E-state index is 9.49. The molecule has 2 heterocycles. The van der Waals surface area contributed by atoms with Gasteiger partial charge >= 0.3 is 0 Å². The van der Waals surface area contributed by atoms with Crippen molar-refractivity contribution in [1.29, 1.82) is 0 Å². The Hall–Kier alpha value is -1.50. The number of methoxy groups -OCH3 is 3. The Morgan fingerprint density at radius 3 is 2.44 bits per heavy atom. The van der Waals surface area contributed by atoms with E-state index < -0.39 is 0 Å².